The molecule has 26 heavy (non-hydrogen) atoms. The molecule has 1 atom stereocenters. The zero-order valence-electron chi connectivity index (χ0n) is 14.8. The summed E-state index contributed by atoms with van der Waals surface area (Å²) in [5, 5.41) is 4.23. The number of esters is 1. The number of ether oxygens (including phenoxy) is 3. The number of methoxy groups -OCH3 is 1. The maximum absolute atomic E-state index is 12.3. The van der Waals surface area contributed by atoms with Crippen molar-refractivity contribution in [2.75, 3.05) is 33.4 Å². The van der Waals surface area contributed by atoms with Crippen molar-refractivity contribution < 1.29 is 23.8 Å². The Bertz CT molecular complexity index is 774. The summed E-state index contributed by atoms with van der Waals surface area (Å²) in [6, 6.07) is 9.32. The van der Waals surface area contributed by atoms with E-state index < -0.39 is 5.97 Å². The third-order valence-electron chi connectivity index (χ3n) is 4.04. The Balaban J connectivity index is 1.66. The van der Waals surface area contributed by atoms with Gasteiger partial charge in [-0.3, -0.25) is 4.79 Å². The molecule has 2 aromatic rings. The largest absolute Gasteiger partial charge is 0.493 e. The highest BCUT2D eigenvalue weighted by Gasteiger charge is 2.24. The number of hydrogen-bond donors (Lipinski definition) is 0. The van der Waals surface area contributed by atoms with E-state index in [2.05, 4.69) is 5.10 Å². The first-order valence-electron chi connectivity index (χ1n) is 8.34. The number of morpholine rings is 1. The van der Waals surface area contributed by atoms with Crippen LogP contribution in [0.5, 0.6) is 5.75 Å². The molecule has 0 aliphatic carbocycles. The highest BCUT2D eigenvalue weighted by molar-refractivity contribution is 5.92. The molecule has 1 saturated heterocycles. The van der Waals surface area contributed by atoms with Gasteiger partial charge in [0.15, 0.2) is 12.4 Å². The molecule has 1 fully saturated rings. The average Bonchev–Trinajstić information content (AvgIpc) is 3.11. The zero-order chi connectivity index (χ0) is 18.5. The Morgan fingerprint density at radius 2 is 2.08 bits per heavy atom. The molecule has 1 aliphatic heterocycles. The van der Waals surface area contributed by atoms with Crippen LogP contribution < -0.4 is 4.74 Å². The molecule has 8 nitrogen and oxygen atoms in total. The van der Waals surface area contributed by atoms with Crippen molar-refractivity contribution in [2.45, 2.75) is 13.0 Å². The van der Waals surface area contributed by atoms with Crippen molar-refractivity contribution in [3.8, 4) is 11.4 Å². The SMILES string of the molecule is COc1cn(-c2ccccc2)nc1C(=O)OCC(=O)N1CCOC(C)C1. The van der Waals surface area contributed by atoms with Gasteiger partial charge >= 0.3 is 5.97 Å². The van der Waals surface area contributed by atoms with Gasteiger partial charge in [-0.25, -0.2) is 9.48 Å². The number of benzene rings is 1. The van der Waals surface area contributed by atoms with E-state index >= 15 is 0 Å². The van der Waals surface area contributed by atoms with Crippen LogP contribution in [-0.2, 0) is 14.3 Å². The summed E-state index contributed by atoms with van der Waals surface area (Å²) in [6.45, 7) is 3.02. The molecule has 0 N–H and O–H groups in total. The Kier molecular flexibility index (Phi) is 5.52. The van der Waals surface area contributed by atoms with Crippen LogP contribution in [0.25, 0.3) is 5.69 Å². The van der Waals surface area contributed by atoms with Crippen molar-refractivity contribution in [1.82, 2.24) is 14.7 Å². The topological polar surface area (TPSA) is 82.9 Å². The first-order valence-corrected chi connectivity index (χ1v) is 8.34. The second-order valence-electron chi connectivity index (χ2n) is 5.92. The minimum atomic E-state index is -0.703. The molecule has 3 rings (SSSR count). The fourth-order valence-corrected chi connectivity index (χ4v) is 2.69. The van der Waals surface area contributed by atoms with Gasteiger partial charge < -0.3 is 19.1 Å². The van der Waals surface area contributed by atoms with Crippen LogP contribution in [0.1, 0.15) is 17.4 Å². The van der Waals surface area contributed by atoms with E-state index in [9.17, 15) is 9.59 Å². The predicted molar refractivity (Wildman–Crippen MR) is 92.4 cm³/mol. The number of carbonyl (C=O) groups excluding carboxylic acids is 2. The van der Waals surface area contributed by atoms with Gasteiger partial charge in [-0.2, -0.15) is 5.10 Å². The van der Waals surface area contributed by atoms with Gasteiger partial charge in [0.25, 0.3) is 5.91 Å². The second-order valence-corrected chi connectivity index (χ2v) is 5.92. The third-order valence-corrected chi connectivity index (χ3v) is 4.04. The van der Waals surface area contributed by atoms with Gasteiger partial charge in [0.2, 0.25) is 5.69 Å². The fraction of sp³-hybridized carbons (Fsp3) is 0.389. The van der Waals surface area contributed by atoms with Crippen LogP contribution in [0.3, 0.4) is 0 Å². The van der Waals surface area contributed by atoms with E-state index in [4.69, 9.17) is 14.2 Å². The number of carbonyl (C=O) groups is 2. The van der Waals surface area contributed by atoms with Gasteiger partial charge in [0, 0.05) is 13.1 Å². The van der Waals surface area contributed by atoms with Crippen LogP contribution in [0.15, 0.2) is 36.5 Å². The summed E-state index contributed by atoms with van der Waals surface area (Å²) in [4.78, 5) is 26.2. The minimum absolute atomic E-state index is 0.0231. The average molecular weight is 359 g/mol. The summed E-state index contributed by atoms with van der Waals surface area (Å²) < 4.78 is 17.3. The molecule has 1 unspecified atom stereocenters. The standard InChI is InChI=1S/C18H21N3O5/c1-13-10-20(8-9-25-13)16(22)12-26-18(23)17-15(24-2)11-21(19-17)14-6-4-3-5-7-14/h3-7,11,13H,8-10,12H2,1-2H3. The maximum Gasteiger partial charge on any atom is 0.363 e. The maximum atomic E-state index is 12.3. The van der Waals surface area contributed by atoms with Crippen LogP contribution in [0, 0.1) is 0 Å². The number of amides is 1. The van der Waals surface area contributed by atoms with E-state index in [-0.39, 0.29) is 30.1 Å². The van der Waals surface area contributed by atoms with Gasteiger partial charge in [-0.15, -0.1) is 0 Å². The minimum Gasteiger partial charge on any atom is -0.493 e. The first kappa shape index (κ1) is 17.9. The second kappa shape index (κ2) is 8.01. The first-order chi connectivity index (χ1) is 12.6. The fourth-order valence-electron chi connectivity index (χ4n) is 2.69. The van der Waals surface area contributed by atoms with Crippen molar-refractivity contribution in [1.29, 1.82) is 0 Å². The Morgan fingerprint density at radius 3 is 2.77 bits per heavy atom. The van der Waals surface area contributed by atoms with Crippen molar-refractivity contribution in [3.63, 3.8) is 0 Å². The molecule has 0 spiro atoms. The molecular weight excluding hydrogens is 338 g/mol. The van der Waals surface area contributed by atoms with E-state index in [1.54, 1.807) is 11.1 Å². The van der Waals surface area contributed by atoms with E-state index in [1.807, 2.05) is 37.3 Å². The summed E-state index contributed by atoms with van der Waals surface area (Å²) in [6.07, 6.45) is 1.57. The van der Waals surface area contributed by atoms with E-state index in [1.165, 1.54) is 11.8 Å². The molecule has 0 bridgehead atoms. The summed E-state index contributed by atoms with van der Waals surface area (Å²) in [5.41, 5.74) is 0.808. The molecule has 0 radical (unpaired) electrons. The number of aromatic nitrogens is 2. The van der Waals surface area contributed by atoms with Crippen LogP contribution >= 0.6 is 0 Å². The molecule has 1 amide bonds. The van der Waals surface area contributed by atoms with Gasteiger partial charge in [0.1, 0.15) is 0 Å². The zero-order valence-corrected chi connectivity index (χ0v) is 14.8. The summed E-state index contributed by atoms with van der Waals surface area (Å²) in [7, 11) is 1.45. The molecule has 1 aromatic carbocycles. The highest BCUT2D eigenvalue weighted by Crippen LogP contribution is 2.20. The van der Waals surface area contributed by atoms with Crippen LogP contribution in [0.2, 0.25) is 0 Å². The van der Waals surface area contributed by atoms with E-state index in [0.717, 1.165) is 5.69 Å². The number of hydrogen-bond acceptors (Lipinski definition) is 6. The van der Waals surface area contributed by atoms with Gasteiger partial charge in [0.05, 0.1) is 31.7 Å². The molecule has 1 aromatic heterocycles. The molecule has 0 saturated carbocycles. The molecule has 1 aliphatic rings. The molecule has 8 heteroatoms. The summed E-state index contributed by atoms with van der Waals surface area (Å²) in [5.74, 6) is -0.674. The molecule has 2 heterocycles. The quantitative estimate of drug-likeness (QED) is 0.748. The smallest absolute Gasteiger partial charge is 0.363 e. The number of nitrogens with zero attached hydrogens (tertiary/aromatic N) is 3. The van der Waals surface area contributed by atoms with Crippen LogP contribution in [0.4, 0.5) is 0 Å². The highest BCUT2D eigenvalue weighted by atomic mass is 16.5. The third kappa shape index (κ3) is 4.02. The van der Waals surface area contributed by atoms with Crippen LogP contribution in [-0.4, -0.2) is 66.1 Å². The monoisotopic (exact) mass is 359 g/mol. The lowest BCUT2D eigenvalue weighted by molar-refractivity contribution is -0.141. The molecule has 138 valence electrons. The predicted octanol–water partition coefficient (Wildman–Crippen LogP) is 1.28. The lowest BCUT2D eigenvalue weighted by Crippen LogP contribution is -2.46. The Morgan fingerprint density at radius 1 is 1.31 bits per heavy atom. The Labute approximate surface area is 151 Å². The lowest BCUT2D eigenvalue weighted by Gasteiger charge is -2.30. The Hall–Kier alpha value is -2.87. The molecular formula is C18H21N3O5. The van der Waals surface area contributed by atoms with Gasteiger partial charge in [-0.05, 0) is 19.1 Å². The summed E-state index contributed by atoms with van der Waals surface area (Å²) >= 11 is 0. The van der Waals surface area contributed by atoms with Gasteiger partial charge in [-0.1, -0.05) is 18.2 Å². The van der Waals surface area contributed by atoms with Crippen molar-refractivity contribution in [3.05, 3.63) is 42.2 Å². The lowest BCUT2D eigenvalue weighted by atomic mass is 10.3. The van der Waals surface area contributed by atoms with Crippen molar-refractivity contribution >= 4 is 11.9 Å². The normalized spacial score (nSPS) is 17.0. The van der Waals surface area contributed by atoms with E-state index in [0.29, 0.717) is 19.7 Å². The van der Waals surface area contributed by atoms with Crippen molar-refractivity contribution in [2.24, 2.45) is 0 Å². The number of para-hydroxylation sites is 1. The number of rotatable bonds is 5.